The zero-order valence-corrected chi connectivity index (χ0v) is 11.9. The van der Waals surface area contributed by atoms with E-state index in [1.54, 1.807) is 0 Å². The van der Waals surface area contributed by atoms with Crippen molar-refractivity contribution in [3.8, 4) is 5.75 Å². The molecule has 1 aromatic carbocycles. The highest BCUT2D eigenvalue weighted by Crippen LogP contribution is 2.28. The largest absolute Gasteiger partial charge is 0.492 e. The van der Waals surface area contributed by atoms with Crippen LogP contribution in [0.1, 0.15) is 25.8 Å². The molecule has 102 valence electrons. The first-order valence-corrected chi connectivity index (χ1v) is 6.86. The third-order valence-electron chi connectivity index (χ3n) is 2.50. The minimum atomic E-state index is 0.628. The lowest BCUT2D eigenvalue weighted by Crippen LogP contribution is -2.13. The smallest absolute Gasteiger partial charge is 0.142 e. The van der Waals surface area contributed by atoms with Crippen molar-refractivity contribution in [3.63, 3.8) is 0 Å². The number of nitrogens with one attached hydrogen (secondary N) is 1. The fraction of sp³-hybridized carbons (Fsp3) is 0.571. The van der Waals surface area contributed by atoms with E-state index in [1.807, 2.05) is 25.1 Å². The third-order valence-corrected chi connectivity index (χ3v) is 2.80. The van der Waals surface area contributed by atoms with E-state index in [4.69, 9.17) is 21.1 Å². The van der Waals surface area contributed by atoms with E-state index in [0.29, 0.717) is 11.6 Å². The van der Waals surface area contributed by atoms with Crippen molar-refractivity contribution in [2.24, 2.45) is 0 Å². The quantitative estimate of drug-likeness (QED) is 0.700. The van der Waals surface area contributed by atoms with Crippen LogP contribution in [0.4, 0.5) is 0 Å². The van der Waals surface area contributed by atoms with Gasteiger partial charge in [0.2, 0.25) is 0 Å². The molecule has 3 nitrogen and oxygen atoms in total. The molecule has 4 heteroatoms. The molecule has 0 amide bonds. The van der Waals surface area contributed by atoms with E-state index in [2.05, 4.69) is 12.2 Å². The first-order chi connectivity index (χ1) is 8.79. The monoisotopic (exact) mass is 271 g/mol. The average molecular weight is 272 g/mol. The zero-order valence-electron chi connectivity index (χ0n) is 11.2. The van der Waals surface area contributed by atoms with Gasteiger partial charge in [0.15, 0.2) is 0 Å². The van der Waals surface area contributed by atoms with Crippen LogP contribution < -0.4 is 10.1 Å². The molecule has 0 saturated heterocycles. The molecule has 0 aliphatic carbocycles. The van der Waals surface area contributed by atoms with E-state index in [9.17, 15) is 0 Å². The van der Waals surface area contributed by atoms with Crippen LogP contribution in [0.3, 0.4) is 0 Å². The summed E-state index contributed by atoms with van der Waals surface area (Å²) in [5, 5.41) is 3.95. The number of ether oxygens (including phenoxy) is 2. The topological polar surface area (TPSA) is 30.5 Å². The van der Waals surface area contributed by atoms with Gasteiger partial charge in [-0.3, -0.25) is 0 Å². The fourth-order valence-electron chi connectivity index (χ4n) is 1.59. The third kappa shape index (κ3) is 5.25. The molecule has 0 unspecified atom stereocenters. The predicted octanol–water partition coefficient (Wildman–Crippen LogP) is 3.25. The molecular weight excluding hydrogens is 250 g/mol. The molecule has 0 saturated carbocycles. The van der Waals surface area contributed by atoms with Crippen molar-refractivity contribution in [1.82, 2.24) is 5.32 Å². The van der Waals surface area contributed by atoms with Crippen LogP contribution in [0.5, 0.6) is 5.75 Å². The summed E-state index contributed by atoms with van der Waals surface area (Å²) in [7, 11) is 0. The first kappa shape index (κ1) is 15.3. The Morgan fingerprint density at radius 1 is 1.22 bits per heavy atom. The van der Waals surface area contributed by atoms with Gasteiger partial charge in [0, 0.05) is 31.7 Å². The van der Waals surface area contributed by atoms with Crippen LogP contribution in [-0.2, 0) is 11.3 Å². The molecule has 0 fully saturated rings. The lowest BCUT2D eigenvalue weighted by atomic mass is 10.2. The highest BCUT2D eigenvalue weighted by Gasteiger charge is 2.07. The molecule has 0 radical (unpaired) electrons. The lowest BCUT2D eigenvalue weighted by Gasteiger charge is -2.13. The van der Waals surface area contributed by atoms with E-state index < -0.39 is 0 Å². The number of para-hydroxylation sites is 1. The van der Waals surface area contributed by atoms with Gasteiger partial charge in [-0.1, -0.05) is 30.7 Å². The summed E-state index contributed by atoms with van der Waals surface area (Å²) in [4.78, 5) is 0. The van der Waals surface area contributed by atoms with Gasteiger partial charge in [0.05, 0.1) is 11.6 Å². The van der Waals surface area contributed by atoms with Crippen molar-refractivity contribution in [3.05, 3.63) is 28.8 Å². The normalized spacial score (nSPS) is 10.6. The Morgan fingerprint density at radius 2 is 2.06 bits per heavy atom. The standard InChI is InChI=1S/C14H22ClNO2/c1-3-16-11-12-7-5-8-13(15)14(12)18-10-6-9-17-4-2/h5,7-8,16H,3-4,6,9-11H2,1-2H3. The van der Waals surface area contributed by atoms with Crippen LogP contribution in [0.15, 0.2) is 18.2 Å². The molecule has 1 rings (SSSR count). The predicted molar refractivity (Wildman–Crippen MR) is 75.4 cm³/mol. The Hall–Kier alpha value is -0.770. The van der Waals surface area contributed by atoms with Gasteiger partial charge in [0.25, 0.3) is 0 Å². The first-order valence-electron chi connectivity index (χ1n) is 6.48. The van der Waals surface area contributed by atoms with Crippen LogP contribution in [0, 0.1) is 0 Å². The Morgan fingerprint density at radius 3 is 2.78 bits per heavy atom. The summed E-state index contributed by atoms with van der Waals surface area (Å²) in [5.41, 5.74) is 1.10. The highest BCUT2D eigenvalue weighted by atomic mass is 35.5. The molecule has 1 aromatic rings. The Bertz CT molecular complexity index is 345. The van der Waals surface area contributed by atoms with E-state index in [-0.39, 0.29) is 0 Å². The lowest BCUT2D eigenvalue weighted by molar-refractivity contribution is 0.130. The van der Waals surface area contributed by atoms with Gasteiger partial charge in [-0.15, -0.1) is 0 Å². The molecule has 0 aliphatic rings. The van der Waals surface area contributed by atoms with Crippen molar-refractivity contribution in [1.29, 1.82) is 0 Å². The second-order valence-corrected chi connectivity index (χ2v) is 4.31. The number of hydrogen-bond acceptors (Lipinski definition) is 3. The summed E-state index contributed by atoms with van der Waals surface area (Å²) in [6.07, 6.45) is 0.875. The van der Waals surface area contributed by atoms with Gasteiger partial charge in [-0.2, -0.15) is 0 Å². The van der Waals surface area contributed by atoms with E-state index >= 15 is 0 Å². The number of hydrogen-bond donors (Lipinski definition) is 1. The maximum Gasteiger partial charge on any atom is 0.142 e. The summed E-state index contributed by atoms with van der Waals surface area (Å²) in [6.45, 7) is 7.87. The number of halogens is 1. The van der Waals surface area contributed by atoms with Gasteiger partial charge in [0.1, 0.15) is 5.75 Å². The van der Waals surface area contributed by atoms with Crippen LogP contribution in [0.25, 0.3) is 0 Å². The van der Waals surface area contributed by atoms with Crippen molar-refractivity contribution in [2.45, 2.75) is 26.8 Å². The Labute approximate surface area is 114 Å². The molecule has 0 heterocycles. The SMILES string of the molecule is CCNCc1cccc(Cl)c1OCCCOCC. The molecule has 18 heavy (non-hydrogen) atoms. The zero-order chi connectivity index (χ0) is 13.2. The summed E-state index contributed by atoms with van der Waals surface area (Å²) < 4.78 is 11.0. The Kier molecular flexibility index (Phi) is 7.81. The fourth-order valence-corrected chi connectivity index (χ4v) is 1.84. The summed E-state index contributed by atoms with van der Waals surface area (Å²) in [5.74, 6) is 0.789. The second-order valence-electron chi connectivity index (χ2n) is 3.91. The maximum atomic E-state index is 6.16. The van der Waals surface area contributed by atoms with Gasteiger partial charge in [-0.05, 0) is 19.5 Å². The van der Waals surface area contributed by atoms with Crippen LogP contribution in [0.2, 0.25) is 5.02 Å². The summed E-state index contributed by atoms with van der Waals surface area (Å²) >= 11 is 6.16. The minimum Gasteiger partial charge on any atom is -0.492 e. The van der Waals surface area contributed by atoms with Crippen LogP contribution >= 0.6 is 11.6 Å². The highest BCUT2D eigenvalue weighted by molar-refractivity contribution is 6.32. The van der Waals surface area contributed by atoms with E-state index in [0.717, 1.165) is 44.0 Å². The van der Waals surface area contributed by atoms with Crippen molar-refractivity contribution in [2.75, 3.05) is 26.4 Å². The van der Waals surface area contributed by atoms with Crippen molar-refractivity contribution < 1.29 is 9.47 Å². The maximum absolute atomic E-state index is 6.16. The van der Waals surface area contributed by atoms with E-state index in [1.165, 1.54) is 0 Å². The molecule has 0 aromatic heterocycles. The number of rotatable bonds is 9. The van der Waals surface area contributed by atoms with Gasteiger partial charge in [-0.25, -0.2) is 0 Å². The second kappa shape index (κ2) is 9.20. The van der Waals surface area contributed by atoms with Crippen LogP contribution in [-0.4, -0.2) is 26.4 Å². The Balaban J connectivity index is 2.50. The molecular formula is C14H22ClNO2. The van der Waals surface area contributed by atoms with Gasteiger partial charge < -0.3 is 14.8 Å². The van der Waals surface area contributed by atoms with Crippen molar-refractivity contribution >= 4 is 11.6 Å². The molecule has 0 atom stereocenters. The molecule has 0 spiro atoms. The minimum absolute atomic E-state index is 0.628. The molecule has 0 aliphatic heterocycles. The molecule has 1 N–H and O–H groups in total. The number of benzene rings is 1. The van der Waals surface area contributed by atoms with Gasteiger partial charge >= 0.3 is 0 Å². The molecule has 0 bridgehead atoms. The average Bonchev–Trinajstić information content (AvgIpc) is 2.38. The summed E-state index contributed by atoms with van der Waals surface area (Å²) in [6, 6.07) is 5.84.